The van der Waals surface area contributed by atoms with Gasteiger partial charge in [-0.25, -0.2) is 9.78 Å². The highest BCUT2D eigenvalue weighted by molar-refractivity contribution is 5.88. The van der Waals surface area contributed by atoms with Crippen LogP contribution in [0.15, 0.2) is 12.4 Å². The van der Waals surface area contributed by atoms with Crippen LogP contribution in [0.5, 0.6) is 0 Å². The van der Waals surface area contributed by atoms with Crippen LogP contribution < -0.4 is 0 Å². The Kier molecular flexibility index (Phi) is 4.27. The number of nitrogens with zero attached hydrogens (tertiary/aromatic N) is 1. The number of imidazole rings is 1. The number of hydrogen-bond acceptors (Lipinski definition) is 5. The van der Waals surface area contributed by atoms with Crippen LogP contribution in [0.3, 0.4) is 0 Å². The maximum Gasteiger partial charge on any atom is 0.374 e. The van der Waals surface area contributed by atoms with Gasteiger partial charge in [0.2, 0.25) is 5.82 Å². The Bertz CT molecular complexity index is 849. The molecule has 4 aliphatic carbocycles. The SMILES string of the molecule is C[C@]12CC[C@H](OC(=O)c3ncc[nH]3)CC1C(=O)C[C@@H]1[C@@H]2CC[C@]2(C)C(=O)CC[C@@H]12. The van der Waals surface area contributed by atoms with Crippen molar-refractivity contribution in [3.05, 3.63) is 18.2 Å². The van der Waals surface area contributed by atoms with Crippen LogP contribution in [0, 0.1) is 34.5 Å². The molecule has 1 heterocycles. The third kappa shape index (κ3) is 2.74. The number of aromatic nitrogens is 2. The van der Waals surface area contributed by atoms with Gasteiger partial charge >= 0.3 is 5.97 Å². The van der Waals surface area contributed by atoms with E-state index >= 15 is 0 Å². The Labute approximate surface area is 171 Å². The monoisotopic (exact) mass is 398 g/mol. The van der Waals surface area contributed by atoms with E-state index < -0.39 is 5.97 Å². The van der Waals surface area contributed by atoms with E-state index in [9.17, 15) is 14.4 Å². The molecule has 156 valence electrons. The molecule has 0 amide bonds. The molecular formula is C23H30N2O4. The highest BCUT2D eigenvalue weighted by Crippen LogP contribution is 2.64. The number of fused-ring (bicyclic) bond motifs is 5. The molecular weight excluding hydrogens is 368 g/mol. The van der Waals surface area contributed by atoms with Crippen LogP contribution in [-0.4, -0.2) is 33.6 Å². The number of aromatic amines is 1. The number of esters is 1. The first-order valence-electron chi connectivity index (χ1n) is 11.1. The zero-order chi connectivity index (χ0) is 20.4. The first-order chi connectivity index (χ1) is 13.8. The number of ether oxygens (including phenoxy) is 1. The fourth-order valence-electron chi connectivity index (χ4n) is 7.47. The number of rotatable bonds is 2. The lowest BCUT2D eigenvalue weighted by atomic mass is 9.45. The Hall–Kier alpha value is -1.98. The highest BCUT2D eigenvalue weighted by Gasteiger charge is 2.62. The van der Waals surface area contributed by atoms with Gasteiger partial charge < -0.3 is 9.72 Å². The third-order valence-corrected chi connectivity index (χ3v) is 9.08. The molecule has 0 aliphatic heterocycles. The molecule has 5 rings (SSSR count). The lowest BCUT2D eigenvalue weighted by Crippen LogP contribution is -2.57. The third-order valence-electron chi connectivity index (χ3n) is 9.08. The molecule has 0 radical (unpaired) electrons. The summed E-state index contributed by atoms with van der Waals surface area (Å²) in [5, 5.41) is 0. The summed E-state index contributed by atoms with van der Waals surface area (Å²) in [5.41, 5.74) is -0.249. The van der Waals surface area contributed by atoms with Crippen molar-refractivity contribution in [1.29, 1.82) is 0 Å². The predicted octanol–water partition coefficient (Wildman–Crippen LogP) is 3.73. The molecule has 6 nitrogen and oxygen atoms in total. The minimum absolute atomic E-state index is 0.0411. The van der Waals surface area contributed by atoms with E-state index in [2.05, 4.69) is 23.8 Å². The molecule has 6 heteroatoms. The summed E-state index contributed by atoms with van der Waals surface area (Å²) >= 11 is 0. The van der Waals surface area contributed by atoms with Crippen LogP contribution in [0.25, 0.3) is 0 Å². The zero-order valence-corrected chi connectivity index (χ0v) is 17.3. The number of carbonyl (C=O) groups is 3. The Morgan fingerprint density at radius 2 is 2.00 bits per heavy atom. The summed E-state index contributed by atoms with van der Waals surface area (Å²) < 4.78 is 5.68. The second-order valence-corrected chi connectivity index (χ2v) is 10.3. The quantitative estimate of drug-likeness (QED) is 0.767. The normalized spacial score (nSPS) is 44.0. The standard InChI is InChI=1S/C23H30N2O4/c1-22-7-5-13(29-21(28)20-24-9-10-25-20)11-17(22)18(26)12-14-15-3-4-19(27)23(15,2)8-6-16(14)22/h9-10,13-17H,3-8,11-12H2,1-2H3,(H,24,25)/t13-,14-,15-,16-,17?,22+,23-/m0/s1. The van der Waals surface area contributed by atoms with E-state index in [1.54, 1.807) is 6.20 Å². The molecule has 7 atom stereocenters. The summed E-state index contributed by atoms with van der Waals surface area (Å²) in [5.74, 6) is 1.66. The average Bonchev–Trinajstić information content (AvgIpc) is 3.32. The molecule has 0 spiro atoms. The van der Waals surface area contributed by atoms with Crippen molar-refractivity contribution in [2.24, 2.45) is 34.5 Å². The van der Waals surface area contributed by atoms with Crippen LogP contribution >= 0.6 is 0 Å². The van der Waals surface area contributed by atoms with Crippen molar-refractivity contribution < 1.29 is 19.1 Å². The van der Waals surface area contributed by atoms with Crippen LogP contribution in [-0.2, 0) is 14.3 Å². The minimum Gasteiger partial charge on any atom is -0.457 e. The minimum atomic E-state index is -0.442. The Morgan fingerprint density at radius 3 is 2.76 bits per heavy atom. The second-order valence-electron chi connectivity index (χ2n) is 10.3. The van der Waals surface area contributed by atoms with Gasteiger partial charge in [-0.1, -0.05) is 13.8 Å². The number of H-pyrrole nitrogens is 1. The van der Waals surface area contributed by atoms with Crippen LogP contribution in [0.4, 0.5) is 0 Å². The summed E-state index contributed by atoms with van der Waals surface area (Å²) in [6.07, 6.45) is 9.45. The summed E-state index contributed by atoms with van der Waals surface area (Å²) in [7, 11) is 0. The van der Waals surface area contributed by atoms with Gasteiger partial charge in [0.15, 0.2) is 0 Å². The Balaban J connectivity index is 1.35. The number of carbonyl (C=O) groups excluding carboxylic acids is 3. The zero-order valence-electron chi connectivity index (χ0n) is 17.3. The Morgan fingerprint density at radius 1 is 1.17 bits per heavy atom. The second kappa shape index (κ2) is 6.51. The van der Waals surface area contributed by atoms with Crippen LogP contribution in [0.2, 0.25) is 0 Å². The van der Waals surface area contributed by atoms with Crippen molar-refractivity contribution in [2.45, 2.75) is 71.3 Å². The summed E-state index contributed by atoms with van der Waals surface area (Å²) in [4.78, 5) is 44.9. The fourth-order valence-corrected chi connectivity index (χ4v) is 7.47. The van der Waals surface area contributed by atoms with Crippen molar-refractivity contribution in [3.8, 4) is 0 Å². The molecule has 0 saturated heterocycles. The van der Waals surface area contributed by atoms with Gasteiger partial charge in [0, 0.05) is 36.6 Å². The van der Waals surface area contributed by atoms with Crippen molar-refractivity contribution in [3.63, 3.8) is 0 Å². The van der Waals surface area contributed by atoms with Crippen molar-refractivity contribution in [1.82, 2.24) is 9.97 Å². The van der Waals surface area contributed by atoms with Gasteiger partial charge in [0.05, 0.1) is 0 Å². The van der Waals surface area contributed by atoms with E-state index in [4.69, 9.17) is 4.74 Å². The van der Waals surface area contributed by atoms with Gasteiger partial charge in [0.1, 0.15) is 17.7 Å². The predicted molar refractivity (Wildman–Crippen MR) is 105 cm³/mol. The largest absolute Gasteiger partial charge is 0.457 e. The summed E-state index contributed by atoms with van der Waals surface area (Å²) in [6.45, 7) is 4.43. The lowest BCUT2D eigenvalue weighted by Gasteiger charge is -2.59. The first kappa shape index (κ1) is 19.0. The van der Waals surface area contributed by atoms with Crippen molar-refractivity contribution >= 4 is 17.5 Å². The number of nitrogens with one attached hydrogen (secondary N) is 1. The van der Waals surface area contributed by atoms with Gasteiger partial charge in [-0.3, -0.25) is 9.59 Å². The maximum absolute atomic E-state index is 13.3. The van der Waals surface area contributed by atoms with Gasteiger partial charge in [-0.05, 0) is 61.7 Å². The molecule has 0 aromatic carbocycles. The molecule has 1 aromatic rings. The molecule has 4 fully saturated rings. The van der Waals surface area contributed by atoms with Crippen molar-refractivity contribution in [2.75, 3.05) is 0 Å². The molecule has 1 aromatic heterocycles. The topological polar surface area (TPSA) is 89.1 Å². The van der Waals surface area contributed by atoms with Gasteiger partial charge in [-0.15, -0.1) is 0 Å². The average molecular weight is 399 g/mol. The molecule has 1 N–H and O–H groups in total. The number of ketones is 2. The van der Waals surface area contributed by atoms with Gasteiger partial charge in [0.25, 0.3) is 0 Å². The smallest absolute Gasteiger partial charge is 0.374 e. The van der Waals surface area contributed by atoms with Crippen LogP contribution in [0.1, 0.15) is 75.8 Å². The molecule has 0 bridgehead atoms. The molecule has 4 aliphatic rings. The van der Waals surface area contributed by atoms with E-state index in [-0.39, 0.29) is 28.7 Å². The number of Topliss-reactive ketones (excluding diaryl/α,β-unsaturated/α-hetero) is 2. The molecule has 29 heavy (non-hydrogen) atoms. The van der Waals surface area contributed by atoms with E-state index in [0.717, 1.165) is 32.1 Å². The fraction of sp³-hybridized carbons (Fsp3) is 0.739. The van der Waals surface area contributed by atoms with Gasteiger partial charge in [-0.2, -0.15) is 0 Å². The number of hydrogen-bond donors (Lipinski definition) is 1. The molecule has 1 unspecified atom stereocenters. The van der Waals surface area contributed by atoms with E-state index in [1.807, 2.05) is 0 Å². The lowest BCUT2D eigenvalue weighted by molar-refractivity contribution is -0.160. The van der Waals surface area contributed by atoms with E-state index in [1.165, 1.54) is 6.20 Å². The first-order valence-corrected chi connectivity index (χ1v) is 11.1. The molecule has 4 saturated carbocycles. The highest BCUT2D eigenvalue weighted by atomic mass is 16.5. The maximum atomic E-state index is 13.3. The summed E-state index contributed by atoms with van der Waals surface area (Å²) in [6, 6.07) is 0. The van der Waals surface area contributed by atoms with E-state index in [0.29, 0.717) is 48.6 Å².